The predicted octanol–water partition coefficient (Wildman–Crippen LogP) is 7.41. The van der Waals surface area contributed by atoms with Gasteiger partial charge in [-0.25, -0.2) is 9.78 Å². The molecule has 2 amide bonds. The van der Waals surface area contributed by atoms with Crippen molar-refractivity contribution in [3.8, 4) is 5.69 Å². The van der Waals surface area contributed by atoms with E-state index >= 15 is 0 Å². The largest absolute Gasteiger partial charge is 0.467 e. The van der Waals surface area contributed by atoms with Gasteiger partial charge in [-0.2, -0.15) is 13.2 Å². The monoisotopic (exact) mass is 560 g/mol. The molecule has 3 aromatic carbocycles. The van der Waals surface area contributed by atoms with Crippen molar-refractivity contribution in [2.75, 3.05) is 5.32 Å². The molecule has 7 nitrogen and oxygen atoms in total. The zero-order valence-corrected chi connectivity index (χ0v) is 22.6. The minimum absolute atomic E-state index is 0.0935. The molecule has 0 spiro atoms. The summed E-state index contributed by atoms with van der Waals surface area (Å²) < 4.78 is 48.0. The second-order valence-electron chi connectivity index (χ2n) is 9.77. The first kappa shape index (κ1) is 27.7. The van der Waals surface area contributed by atoms with Gasteiger partial charge in [0.2, 0.25) is 0 Å². The number of anilines is 1. The molecular weight excluding hydrogens is 533 g/mol. The summed E-state index contributed by atoms with van der Waals surface area (Å²) in [6.45, 7) is 5.40. The maximum absolute atomic E-state index is 13.9. The number of benzene rings is 3. The SMILES string of the molecule is Cc1ccc(-n2c(C(C)N(Cc3ccco3)C(=O)Nc3ccccc3C(F)(F)F)nc3ccccc3c2=O)c(C)c1. The van der Waals surface area contributed by atoms with Crippen LogP contribution in [0.4, 0.5) is 23.7 Å². The number of halogens is 3. The summed E-state index contributed by atoms with van der Waals surface area (Å²) in [5.41, 5.74) is 1.14. The van der Waals surface area contributed by atoms with Gasteiger partial charge in [0, 0.05) is 0 Å². The highest BCUT2D eigenvalue weighted by molar-refractivity contribution is 5.90. The number of nitrogens with zero attached hydrogens (tertiary/aromatic N) is 3. The van der Waals surface area contributed by atoms with Crippen molar-refractivity contribution in [2.24, 2.45) is 0 Å². The third-order valence-corrected chi connectivity index (χ3v) is 6.88. The number of carbonyl (C=O) groups is 1. The van der Waals surface area contributed by atoms with E-state index in [1.54, 1.807) is 43.3 Å². The summed E-state index contributed by atoms with van der Waals surface area (Å²) in [5.74, 6) is 0.642. The maximum Gasteiger partial charge on any atom is 0.418 e. The highest BCUT2D eigenvalue weighted by Gasteiger charge is 2.35. The van der Waals surface area contributed by atoms with Crippen molar-refractivity contribution in [3.05, 3.63) is 124 Å². The van der Waals surface area contributed by atoms with Crippen LogP contribution in [0.5, 0.6) is 0 Å². The Bertz CT molecular complexity index is 1780. The lowest BCUT2D eigenvalue weighted by Crippen LogP contribution is -2.39. The minimum Gasteiger partial charge on any atom is -0.467 e. The van der Waals surface area contributed by atoms with Gasteiger partial charge in [0.25, 0.3) is 5.56 Å². The zero-order chi connectivity index (χ0) is 29.3. The molecule has 0 bridgehead atoms. The molecular formula is C31H27F3N4O3. The first-order chi connectivity index (χ1) is 19.5. The number of hydrogen-bond donors (Lipinski definition) is 1. The van der Waals surface area contributed by atoms with E-state index in [2.05, 4.69) is 5.32 Å². The molecule has 0 fully saturated rings. The highest BCUT2D eigenvalue weighted by atomic mass is 19.4. The summed E-state index contributed by atoms with van der Waals surface area (Å²) in [6, 6.07) is 18.9. The summed E-state index contributed by atoms with van der Waals surface area (Å²) in [4.78, 5) is 33.7. The van der Waals surface area contributed by atoms with Crippen LogP contribution >= 0.6 is 0 Å². The number of rotatable bonds is 6. The molecule has 41 heavy (non-hydrogen) atoms. The third kappa shape index (κ3) is 5.58. The molecule has 0 aliphatic heterocycles. The molecule has 1 unspecified atom stereocenters. The van der Waals surface area contributed by atoms with E-state index in [9.17, 15) is 22.8 Å². The molecule has 0 saturated heterocycles. The Morgan fingerprint density at radius 3 is 2.46 bits per heavy atom. The molecule has 2 aromatic heterocycles. The summed E-state index contributed by atoms with van der Waals surface area (Å²) in [5, 5.41) is 2.81. The molecule has 0 saturated carbocycles. The number of aromatic nitrogens is 2. The maximum atomic E-state index is 13.9. The van der Waals surface area contributed by atoms with Crippen LogP contribution in [0.2, 0.25) is 0 Å². The lowest BCUT2D eigenvalue weighted by molar-refractivity contribution is -0.136. The van der Waals surface area contributed by atoms with Crippen molar-refractivity contribution in [3.63, 3.8) is 0 Å². The quantitative estimate of drug-likeness (QED) is 0.235. The van der Waals surface area contributed by atoms with Gasteiger partial charge in [-0.15, -0.1) is 0 Å². The fourth-order valence-corrected chi connectivity index (χ4v) is 4.84. The third-order valence-electron chi connectivity index (χ3n) is 6.88. The van der Waals surface area contributed by atoms with Crippen molar-refractivity contribution in [1.29, 1.82) is 0 Å². The van der Waals surface area contributed by atoms with Gasteiger partial charge < -0.3 is 14.6 Å². The van der Waals surface area contributed by atoms with Gasteiger partial charge in [-0.1, -0.05) is 42.0 Å². The van der Waals surface area contributed by atoms with Crippen LogP contribution in [0.3, 0.4) is 0 Å². The molecule has 5 aromatic rings. The molecule has 2 heterocycles. The highest BCUT2D eigenvalue weighted by Crippen LogP contribution is 2.35. The number of alkyl halides is 3. The van der Waals surface area contributed by atoms with E-state index in [0.717, 1.165) is 17.2 Å². The topological polar surface area (TPSA) is 80.4 Å². The molecule has 0 aliphatic carbocycles. The first-order valence-electron chi connectivity index (χ1n) is 12.9. The van der Waals surface area contributed by atoms with Crippen molar-refractivity contribution in [1.82, 2.24) is 14.5 Å². The van der Waals surface area contributed by atoms with Crippen molar-refractivity contribution < 1.29 is 22.4 Å². The van der Waals surface area contributed by atoms with E-state index in [4.69, 9.17) is 9.40 Å². The molecule has 210 valence electrons. The van der Waals surface area contributed by atoms with E-state index in [-0.39, 0.29) is 23.6 Å². The van der Waals surface area contributed by atoms with Crippen LogP contribution in [0.15, 0.2) is 94.3 Å². The van der Waals surface area contributed by atoms with Gasteiger partial charge >= 0.3 is 12.2 Å². The number of hydrogen-bond acceptors (Lipinski definition) is 4. The second kappa shape index (κ2) is 11.0. The number of aryl methyl sites for hydroxylation is 2. The Morgan fingerprint density at radius 2 is 1.76 bits per heavy atom. The van der Waals surface area contributed by atoms with E-state index in [1.165, 1.54) is 33.9 Å². The number of carbonyl (C=O) groups excluding carboxylic acids is 1. The Hall–Kier alpha value is -4.86. The summed E-state index contributed by atoms with van der Waals surface area (Å²) in [7, 11) is 0. The van der Waals surface area contributed by atoms with E-state index in [0.29, 0.717) is 22.4 Å². The van der Waals surface area contributed by atoms with Gasteiger partial charge in [-0.05, 0) is 68.8 Å². The van der Waals surface area contributed by atoms with Crippen molar-refractivity contribution in [2.45, 2.75) is 39.5 Å². The Labute approximate surface area is 233 Å². The average Bonchev–Trinajstić information content (AvgIpc) is 3.45. The predicted molar refractivity (Wildman–Crippen MR) is 150 cm³/mol. The van der Waals surface area contributed by atoms with Crippen LogP contribution in [0, 0.1) is 13.8 Å². The molecule has 5 rings (SSSR count). The molecule has 1 atom stereocenters. The second-order valence-corrected chi connectivity index (χ2v) is 9.77. The normalized spacial score (nSPS) is 12.3. The zero-order valence-electron chi connectivity index (χ0n) is 22.6. The van der Waals surface area contributed by atoms with Gasteiger partial charge in [0.15, 0.2) is 0 Å². The minimum atomic E-state index is -4.68. The average molecular weight is 561 g/mol. The molecule has 1 N–H and O–H groups in total. The fraction of sp³-hybridized carbons (Fsp3) is 0.194. The molecule has 10 heteroatoms. The van der Waals surface area contributed by atoms with Gasteiger partial charge in [0.05, 0.1) is 46.7 Å². The standard InChI is InChI=1S/C31H27F3N4O3/c1-19-14-15-27(20(2)17-19)38-28(35-25-12-6-4-10-23(25)29(38)39)21(3)37(18-22-9-8-16-41-22)30(40)36-26-13-7-5-11-24(26)31(32,33)34/h4-17,21H,18H2,1-3H3,(H,36,40). The van der Waals surface area contributed by atoms with Crippen LogP contribution in [0.25, 0.3) is 16.6 Å². The number of urea groups is 1. The van der Waals surface area contributed by atoms with Crippen LogP contribution in [-0.2, 0) is 12.7 Å². The van der Waals surface area contributed by atoms with Crippen LogP contribution in [-0.4, -0.2) is 20.5 Å². The van der Waals surface area contributed by atoms with Crippen LogP contribution < -0.4 is 10.9 Å². The fourth-order valence-electron chi connectivity index (χ4n) is 4.84. The van der Waals surface area contributed by atoms with E-state index < -0.39 is 23.8 Å². The number of furan rings is 1. The van der Waals surface area contributed by atoms with Gasteiger partial charge in [-0.3, -0.25) is 9.36 Å². The van der Waals surface area contributed by atoms with Crippen molar-refractivity contribution >= 4 is 22.6 Å². The number of fused-ring (bicyclic) bond motifs is 1. The number of amides is 2. The first-order valence-corrected chi connectivity index (χ1v) is 12.9. The lowest BCUT2D eigenvalue weighted by atomic mass is 10.1. The Balaban J connectivity index is 1.66. The number of para-hydroxylation sites is 2. The molecule has 0 radical (unpaired) electrons. The Kier molecular flexibility index (Phi) is 7.40. The van der Waals surface area contributed by atoms with Crippen LogP contribution in [0.1, 0.15) is 41.2 Å². The van der Waals surface area contributed by atoms with Gasteiger partial charge in [0.1, 0.15) is 11.6 Å². The summed E-state index contributed by atoms with van der Waals surface area (Å²) in [6.07, 6.45) is -3.24. The smallest absolute Gasteiger partial charge is 0.418 e. The lowest BCUT2D eigenvalue weighted by Gasteiger charge is -2.30. The molecule has 0 aliphatic rings. The number of nitrogens with one attached hydrogen (secondary N) is 1. The summed E-state index contributed by atoms with van der Waals surface area (Å²) >= 11 is 0. The van der Waals surface area contributed by atoms with E-state index in [1.807, 2.05) is 32.0 Å². The Morgan fingerprint density at radius 1 is 1.02 bits per heavy atom.